The standard InChI is InChI=1S/C10H21BNO6P/c1-15-6-7-8(18-19(2,13)14)9(10(11)17-7)16-5-3-4-12/h7-10H,3-6,12H2,1-2H3,(H,13,14)/t7-,8-,9-,10-/m1/s1. The Morgan fingerprint density at radius 3 is 2.68 bits per heavy atom. The molecule has 0 aromatic rings. The van der Waals surface area contributed by atoms with Crippen molar-refractivity contribution in [2.45, 2.75) is 30.7 Å². The summed E-state index contributed by atoms with van der Waals surface area (Å²) in [4.78, 5) is 9.36. The Morgan fingerprint density at radius 1 is 1.47 bits per heavy atom. The highest BCUT2D eigenvalue weighted by molar-refractivity contribution is 7.51. The highest BCUT2D eigenvalue weighted by atomic mass is 31.2. The molecule has 1 saturated heterocycles. The number of nitrogens with two attached hydrogens (primary N) is 1. The van der Waals surface area contributed by atoms with E-state index in [4.69, 9.17) is 32.3 Å². The molecular formula is C10H21BNO6P. The number of hydrogen-bond donors (Lipinski definition) is 2. The summed E-state index contributed by atoms with van der Waals surface area (Å²) in [6.45, 7) is 2.19. The molecule has 0 saturated carbocycles. The minimum absolute atomic E-state index is 0.203. The predicted molar refractivity (Wildman–Crippen MR) is 70.3 cm³/mol. The first-order valence-electron chi connectivity index (χ1n) is 6.09. The van der Waals surface area contributed by atoms with Crippen LogP contribution in [0.1, 0.15) is 6.42 Å². The van der Waals surface area contributed by atoms with Crippen molar-refractivity contribution in [2.24, 2.45) is 5.73 Å². The van der Waals surface area contributed by atoms with Gasteiger partial charge in [-0.3, -0.25) is 9.09 Å². The highest BCUT2D eigenvalue weighted by Crippen LogP contribution is 2.42. The average Bonchev–Trinajstić information content (AvgIpc) is 2.56. The van der Waals surface area contributed by atoms with Crippen LogP contribution in [0.5, 0.6) is 0 Å². The van der Waals surface area contributed by atoms with Crippen molar-refractivity contribution in [1.82, 2.24) is 0 Å². The fourth-order valence-electron chi connectivity index (χ4n) is 1.90. The average molecular weight is 293 g/mol. The number of rotatable bonds is 8. The second-order valence-corrected chi connectivity index (χ2v) is 6.26. The molecule has 1 rings (SSSR count). The van der Waals surface area contributed by atoms with Crippen LogP contribution < -0.4 is 5.73 Å². The molecule has 3 N–H and O–H groups in total. The normalized spacial score (nSPS) is 34.3. The number of hydrogen-bond acceptors (Lipinski definition) is 6. The van der Waals surface area contributed by atoms with Gasteiger partial charge in [-0.05, 0) is 13.0 Å². The van der Waals surface area contributed by atoms with Crippen molar-refractivity contribution in [3.05, 3.63) is 0 Å². The van der Waals surface area contributed by atoms with Crippen molar-refractivity contribution in [3.63, 3.8) is 0 Å². The molecule has 1 unspecified atom stereocenters. The number of methoxy groups -OCH3 is 1. The lowest BCUT2D eigenvalue weighted by molar-refractivity contribution is -0.0244. The Labute approximate surface area is 114 Å². The maximum absolute atomic E-state index is 11.4. The fourth-order valence-corrected chi connectivity index (χ4v) is 2.61. The first kappa shape index (κ1) is 17.1. The van der Waals surface area contributed by atoms with Gasteiger partial charge in [0.2, 0.25) is 0 Å². The van der Waals surface area contributed by atoms with Crippen LogP contribution in [0.3, 0.4) is 0 Å². The summed E-state index contributed by atoms with van der Waals surface area (Å²) in [5, 5.41) is 0. The van der Waals surface area contributed by atoms with E-state index in [1.54, 1.807) is 0 Å². The Bertz CT molecular complexity index is 314. The highest BCUT2D eigenvalue weighted by Gasteiger charge is 2.45. The first-order valence-corrected chi connectivity index (χ1v) is 8.12. The van der Waals surface area contributed by atoms with Gasteiger partial charge in [-0.1, -0.05) is 0 Å². The van der Waals surface area contributed by atoms with Gasteiger partial charge in [0.05, 0.1) is 6.61 Å². The van der Waals surface area contributed by atoms with Crippen LogP contribution in [0.15, 0.2) is 0 Å². The lowest BCUT2D eigenvalue weighted by atomic mass is 9.93. The Kier molecular flexibility index (Phi) is 6.97. The quantitative estimate of drug-likeness (QED) is 0.352. The van der Waals surface area contributed by atoms with Crippen LogP contribution in [0.2, 0.25) is 0 Å². The van der Waals surface area contributed by atoms with E-state index in [1.165, 1.54) is 7.11 Å². The van der Waals surface area contributed by atoms with Crippen LogP contribution in [0.25, 0.3) is 0 Å². The second-order valence-electron chi connectivity index (χ2n) is 4.45. The fraction of sp³-hybridized carbons (Fsp3) is 1.00. The van der Waals surface area contributed by atoms with Crippen molar-refractivity contribution >= 4 is 15.4 Å². The van der Waals surface area contributed by atoms with Gasteiger partial charge in [0.15, 0.2) is 0 Å². The van der Waals surface area contributed by atoms with Crippen LogP contribution in [-0.2, 0) is 23.3 Å². The Hall–Kier alpha value is 0.0549. The topological polar surface area (TPSA) is 100 Å². The van der Waals surface area contributed by atoms with Gasteiger partial charge in [-0.25, -0.2) is 0 Å². The lowest BCUT2D eigenvalue weighted by Crippen LogP contribution is -2.38. The van der Waals surface area contributed by atoms with E-state index in [9.17, 15) is 9.46 Å². The summed E-state index contributed by atoms with van der Waals surface area (Å²) in [6, 6.07) is -0.727. The molecule has 0 spiro atoms. The van der Waals surface area contributed by atoms with Gasteiger partial charge in [0.25, 0.3) is 0 Å². The van der Waals surface area contributed by atoms with E-state index in [-0.39, 0.29) is 6.61 Å². The van der Waals surface area contributed by atoms with E-state index < -0.39 is 31.9 Å². The minimum Gasteiger partial charge on any atom is -0.382 e. The summed E-state index contributed by atoms with van der Waals surface area (Å²) < 4.78 is 32.5. The third-order valence-electron chi connectivity index (χ3n) is 2.65. The third-order valence-corrected chi connectivity index (χ3v) is 3.29. The Balaban J connectivity index is 2.70. The second kappa shape index (κ2) is 7.74. The first-order chi connectivity index (χ1) is 8.89. The summed E-state index contributed by atoms with van der Waals surface area (Å²) in [6.07, 6.45) is -1.24. The molecule has 9 heteroatoms. The molecular weight excluding hydrogens is 272 g/mol. The van der Waals surface area contributed by atoms with Crippen molar-refractivity contribution in [2.75, 3.05) is 33.5 Å². The smallest absolute Gasteiger partial charge is 0.325 e. The van der Waals surface area contributed by atoms with Gasteiger partial charge in [-0.2, -0.15) is 0 Å². The summed E-state index contributed by atoms with van der Waals surface area (Å²) in [5.41, 5.74) is 5.38. The molecule has 5 atom stereocenters. The molecule has 0 amide bonds. The van der Waals surface area contributed by atoms with Crippen molar-refractivity contribution < 1.29 is 28.2 Å². The molecule has 19 heavy (non-hydrogen) atoms. The van der Waals surface area contributed by atoms with Crippen LogP contribution >= 0.6 is 7.60 Å². The van der Waals surface area contributed by atoms with Gasteiger partial charge in [0, 0.05) is 26.4 Å². The molecule has 0 aromatic heterocycles. The zero-order chi connectivity index (χ0) is 14.5. The maximum Gasteiger partial charge on any atom is 0.325 e. The maximum atomic E-state index is 11.4. The Morgan fingerprint density at radius 2 is 2.16 bits per heavy atom. The van der Waals surface area contributed by atoms with E-state index in [0.717, 1.165) is 6.66 Å². The van der Waals surface area contributed by atoms with Crippen molar-refractivity contribution in [1.29, 1.82) is 0 Å². The molecule has 1 aliphatic rings. The molecule has 0 bridgehead atoms. The van der Waals surface area contributed by atoms with Gasteiger partial charge in [0.1, 0.15) is 26.2 Å². The molecule has 1 aliphatic heterocycles. The summed E-state index contributed by atoms with van der Waals surface area (Å²) in [5.74, 6) is 0. The SMILES string of the molecule is [B][C@@H]1O[C@H](COC)[C@@H](OP(C)(=O)O)[C@H]1OCCCN. The predicted octanol–water partition coefficient (Wildman–Crippen LogP) is -0.539. The molecule has 1 heterocycles. The zero-order valence-electron chi connectivity index (χ0n) is 11.2. The van der Waals surface area contributed by atoms with Crippen molar-refractivity contribution in [3.8, 4) is 0 Å². The van der Waals surface area contributed by atoms with Gasteiger partial charge >= 0.3 is 7.60 Å². The number of ether oxygens (including phenoxy) is 3. The molecule has 0 aromatic carbocycles. The molecule has 110 valence electrons. The lowest BCUT2D eigenvalue weighted by Gasteiger charge is -2.25. The molecule has 0 aliphatic carbocycles. The van der Waals surface area contributed by atoms with E-state index >= 15 is 0 Å². The van der Waals surface area contributed by atoms with E-state index in [2.05, 4.69) is 0 Å². The van der Waals surface area contributed by atoms with Gasteiger partial charge < -0.3 is 24.8 Å². The minimum atomic E-state index is -3.67. The largest absolute Gasteiger partial charge is 0.382 e. The van der Waals surface area contributed by atoms with Gasteiger partial charge in [-0.15, -0.1) is 0 Å². The monoisotopic (exact) mass is 293 g/mol. The summed E-state index contributed by atoms with van der Waals surface area (Å²) >= 11 is 0. The van der Waals surface area contributed by atoms with E-state index in [1.807, 2.05) is 0 Å². The molecule has 2 radical (unpaired) electrons. The van der Waals surface area contributed by atoms with Crippen LogP contribution in [0, 0.1) is 0 Å². The molecule has 1 fully saturated rings. The van der Waals surface area contributed by atoms with Crippen LogP contribution in [0.4, 0.5) is 0 Å². The molecule has 7 nitrogen and oxygen atoms in total. The van der Waals surface area contributed by atoms with Crippen LogP contribution in [-0.4, -0.2) is 70.6 Å². The van der Waals surface area contributed by atoms with E-state index in [0.29, 0.717) is 19.6 Å². The third kappa shape index (κ3) is 5.51. The zero-order valence-corrected chi connectivity index (χ0v) is 12.1. The summed E-state index contributed by atoms with van der Waals surface area (Å²) in [7, 11) is 3.63.